The number of amides is 2. The van der Waals surface area contributed by atoms with Gasteiger partial charge < -0.3 is 29.6 Å². The van der Waals surface area contributed by atoms with E-state index in [2.05, 4.69) is 10.6 Å². The number of carbonyl (C=O) groups is 2. The second kappa shape index (κ2) is 8.24. The van der Waals surface area contributed by atoms with Crippen LogP contribution >= 0.6 is 0 Å². The lowest BCUT2D eigenvalue weighted by atomic mass is 10.0. The Kier molecular flexibility index (Phi) is 6.56. The molecule has 0 aromatic rings. The van der Waals surface area contributed by atoms with Crippen LogP contribution in [0.3, 0.4) is 0 Å². The van der Waals surface area contributed by atoms with E-state index in [0.717, 1.165) is 0 Å². The summed E-state index contributed by atoms with van der Waals surface area (Å²) < 4.78 is 21.8. The lowest BCUT2D eigenvalue weighted by Crippen LogP contribution is -2.50. The summed E-state index contributed by atoms with van der Waals surface area (Å²) in [6.45, 7) is 6.23. The van der Waals surface area contributed by atoms with Crippen LogP contribution in [0.1, 0.15) is 20.8 Å². The maximum absolute atomic E-state index is 12.3. The molecule has 1 unspecified atom stereocenters. The van der Waals surface area contributed by atoms with Gasteiger partial charge in [0.15, 0.2) is 0 Å². The fourth-order valence-corrected chi connectivity index (χ4v) is 3.10. The molecule has 8 nitrogen and oxygen atoms in total. The summed E-state index contributed by atoms with van der Waals surface area (Å²) >= 11 is 0. The van der Waals surface area contributed by atoms with Crippen LogP contribution in [0, 0.1) is 5.92 Å². The lowest BCUT2D eigenvalue weighted by molar-refractivity contribution is -0.135. The normalized spacial score (nSPS) is 31.6. The third-order valence-corrected chi connectivity index (χ3v) is 4.55. The van der Waals surface area contributed by atoms with Crippen molar-refractivity contribution in [2.75, 3.05) is 27.4 Å². The highest BCUT2D eigenvalue weighted by Gasteiger charge is 2.49. The molecule has 2 fully saturated rings. The maximum atomic E-state index is 12.3. The number of methoxy groups -OCH3 is 2. The van der Waals surface area contributed by atoms with Crippen molar-refractivity contribution >= 4 is 11.8 Å². The van der Waals surface area contributed by atoms with Crippen molar-refractivity contribution in [3.63, 3.8) is 0 Å². The number of ether oxygens (including phenoxy) is 4. The van der Waals surface area contributed by atoms with E-state index in [1.54, 1.807) is 6.92 Å². The molecule has 2 amide bonds. The lowest BCUT2D eigenvalue weighted by Gasteiger charge is -2.23. The molecule has 8 heteroatoms. The summed E-state index contributed by atoms with van der Waals surface area (Å²) in [4.78, 5) is 24.3. The zero-order chi connectivity index (χ0) is 17.9. The van der Waals surface area contributed by atoms with Gasteiger partial charge >= 0.3 is 0 Å². The summed E-state index contributed by atoms with van der Waals surface area (Å²) in [5.41, 5.74) is 0. The molecule has 0 bridgehead atoms. The van der Waals surface area contributed by atoms with Crippen LogP contribution in [0.25, 0.3) is 0 Å². The molecule has 2 heterocycles. The van der Waals surface area contributed by atoms with Crippen molar-refractivity contribution < 1.29 is 28.5 Å². The van der Waals surface area contributed by atoms with Crippen molar-refractivity contribution in [2.24, 2.45) is 5.92 Å². The van der Waals surface area contributed by atoms with Gasteiger partial charge in [0.1, 0.15) is 24.4 Å². The van der Waals surface area contributed by atoms with Gasteiger partial charge in [0.25, 0.3) is 0 Å². The van der Waals surface area contributed by atoms with Gasteiger partial charge in [-0.3, -0.25) is 9.59 Å². The van der Waals surface area contributed by atoms with E-state index in [0.29, 0.717) is 13.2 Å². The Bertz CT molecular complexity index is 458. The number of nitrogens with one attached hydrogen (secondary N) is 2. The van der Waals surface area contributed by atoms with E-state index in [1.807, 2.05) is 13.8 Å². The molecule has 0 spiro atoms. The number of fused-ring (bicyclic) bond motifs is 1. The molecular weight excluding hydrogens is 316 g/mol. The molecule has 0 saturated carbocycles. The van der Waals surface area contributed by atoms with E-state index >= 15 is 0 Å². The van der Waals surface area contributed by atoms with Gasteiger partial charge in [0.05, 0.1) is 25.3 Å². The Balaban J connectivity index is 1.91. The number of carbonyl (C=O) groups excluding carboxylic acids is 2. The minimum absolute atomic E-state index is 0.0696. The zero-order valence-corrected chi connectivity index (χ0v) is 14.9. The third-order valence-electron chi connectivity index (χ3n) is 4.55. The molecule has 0 aliphatic carbocycles. The number of hydrogen-bond donors (Lipinski definition) is 2. The quantitative estimate of drug-likeness (QED) is 0.644. The standard InChI is InChI=1S/C16H28N2O6/c1-8(2)12(22-5)16(20)18-11-7-24-13-10(6-23-14(11)13)17-15(19)9(3)21-4/h8-14H,6-7H2,1-5H3,(H,17,19)(H,18,20)/t9-,10-,11-,12?,13+,14+/m0/s1. The van der Waals surface area contributed by atoms with Gasteiger partial charge in [-0.05, 0) is 12.8 Å². The molecule has 0 aromatic heterocycles. The van der Waals surface area contributed by atoms with Crippen LogP contribution in [0.15, 0.2) is 0 Å². The predicted octanol–water partition coefficient (Wildman–Crippen LogP) is -0.540. The Hall–Kier alpha value is -1.22. The van der Waals surface area contributed by atoms with Crippen molar-refractivity contribution in [3.8, 4) is 0 Å². The van der Waals surface area contributed by atoms with Gasteiger partial charge in [0.2, 0.25) is 11.8 Å². The minimum Gasteiger partial charge on any atom is -0.372 e. The van der Waals surface area contributed by atoms with Crippen LogP contribution in [-0.2, 0) is 28.5 Å². The molecule has 6 atom stereocenters. The third kappa shape index (κ3) is 4.05. The average molecular weight is 344 g/mol. The summed E-state index contributed by atoms with van der Waals surface area (Å²) in [6, 6.07) is -0.494. The van der Waals surface area contributed by atoms with Crippen molar-refractivity contribution in [3.05, 3.63) is 0 Å². The molecule has 2 rings (SSSR count). The molecular formula is C16H28N2O6. The van der Waals surface area contributed by atoms with Crippen molar-refractivity contribution in [1.82, 2.24) is 10.6 Å². The monoisotopic (exact) mass is 344 g/mol. The van der Waals surface area contributed by atoms with E-state index in [9.17, 15) is 9.59 Å². The highest BCUT2D eigenvalue weighted by atomic mass is 16.6. The smallest absolute Gasteiger partial charge is 0.249 e. The first-order chi connectivity index (χ1) is 11.4. The predicted molar refractivity (Wildman–Crippen MR) is 85.4 cm³/mol. The van der Waals surface area contributed by atoms with Crippen LogP contribution in [0.5, 0.6) is 0 Å². The average Bonchev–Trinajstić information content (AvgIpc) is 3.10. The van der Waals surface area contributed by atoms with E-state index in [4.69, 9.17) is 18.9 Å². The molecule has 2 aliphatic heterocycles. The topological polar surface area (TPSA) is 95.1 Å². The highest BCUT2D eigenvalue weighted by molar-refractivity contribution is 5.81. The summed E-state index contributed by atoms with van der Waals surface area (Å²) in [5, 5.41) is 5.81. The van der Waals surface area contributed by atoms with Gasteiger partial charge in [-0.2, -0.15) is 0 Å². The van der Waals surface area contributed by atoms with Crippen LogP contribution in [0.2, 0.25) is 0 Å². The van der Waals surface area contributed by atoms with Gasteiger partial charge in [-0.25, -0.2) is 0 Å². The Morgan fingerprint density at radius 2 is 1.42 bits per heavy atom. The van der Waals surface area contributed by atoms with E-state index in [1.165, 1.54) is 14.2 Å². The highest BCUT2D eigenvalue weighted by Crippen LogP contribution is 2.27. The fourth-order valence-electron chi connectivity index (χ4n) is 3.10. The van der Waals surface area contributed by atoms with Gasteiger partial charge in [0, 0.05) is 14.2 Å². The molecule has 2 saturated heterocycles. The SMILES string of the molecule is COC(C(=O)N[C@H]1CO[C@H]2[C@@H]1OC[C@@H]2NC(=O)[C@H](C)OC)C(C)C. The molecule has 2 aliphatic rings. The van der Waals surface area contributed by atoms with Crippen LogP contribution in [-0.4, -0.2) is 75.7 Å². The molecule has 24 heavy (non-hydrogen) atoms. The second-order valence-electron chi connectivity index (χ2n) is 6.60. The fraction of sp³-hybridized carbons (Fsp3) is 0.875. The van der Waals surface area contributed by atoms with Crippen molar-refractivity contribution in [2.45, 2.75) is 57.3 Å². The van der Waals surface area contributed by atoms with Crippen molar-refractivity contribution in [1.29, 1.82) is 0 Å². The minimum atomic E-state index is -0.533. The van der Waals surface area contributed by atoms with Crippen LogP contribution < -0.4 is 10.6 Å². The summed E-state index contributed by atoms with van der Waals surface area (Å²) in [7, 11) is 3.00. The molecule has 0 aromatic carbocycles. The summed E-state index contributed by atoms with van der Waals surface area (Å²) in [6.07, 6.45) is -1.59. The first-order valence-corrected chi connectivity index (χ1v) is 8.28. The van der Waals surface area contributed by atoms with E-state index < -0.39 is 12.2 Å². The largest absolute Gasteiger partial charge is 0.372 e. The molecule has 138 valence electrons. The summed E-state index contributed by atoms with van der Waals surface area (Å²) in [5.74, 6) is -0.312. The van der Waals surface area contributed by atoms with Gasteiger partial charge in [-0.1, -0.05) is 13.8 Å². The van der Waals surface area contributed by atoms with Gasteiger partial charge in [-0.15, -0.1) is 0 Å². The maximum Gasteiger partial charge on any atom is 0.249 e. The van der Waals surface area contributed by atoms with Crippen LogP contribution in [0.4, 0.5) is 0 Å². The first-order valence-electron chi connectivity index (χ1n) is 8.28. The second-order valence-corrected chi connectivity index (χ2v) is 6.60. The Labute approximate surface area is 142 Å². The Morgan fingerprint density at radius 3 is 1.83 bits per heavy atom. The number of rotatable bonds is 7. The number of hydrogen-bond acceptors (Lipinski definition) is 6. The zero-order valence-electron chi connectivity index (χ0n) is 14.9. The van der Waals surface area contributed by atoms with E-state index in [-0.39, 0.29) is 42.0 Å². The molecule has 2 N–H and O–H groups in total. The Morgan fingerprint density at radius 1 is 0.917 bits per heavy atom. The molecule has 0 radical (unpaired) electrons. The first kappa shape index (κ1) is 19.1.